The highest BCUT2D eigenvalue weighted by atomic mass is 35.5. The molecule has 0 bridgehead atoms. The van der Waals surface area contributed by atoms with Crippen molar-refractivity contribution in [2.75, 3.05) is 13.1 Å². The molecular weight excluding hydrogens is 284 g/mol. The monoisotopic (exact) mass is 306 g/mol. The Labute approximate surface area is 131 Å². The van der Waals surface area contributed by atoms with Gasteiger partial charge in [0.05, 0.1) is 0 Å². The SMILES string of the molecule is CC1CN(C(=O)C2CC2)CCC1NCc1ccc(Cl)cc1. The molecule has 2 fully saturated rings. The summed E-state index contributed by atoms with van der Waals surface area (Å²) in [7, 11) is 0. The Balaban J connectivity index is 1.48. The van der Waals surface area contributed by atoms with Gasteiger partial charge in [0.1, 0.15) is 0 Å². The van der Waals surface area contributed by atoms with Crippen LogP contribution in [-0.4, -0.2) is 29.9 Å². The van der Waals surface area contributed by atoms with Gasteiger partial charge in [-0.05, 0) is 42.9 Å². The van der Waals surface area contributed by atoms with E-state index in [9.17, 15) is 4.79 Å². The van der Waals surface area contributed by atoms with E-state index in [1.165, 1.54) is 5.56 Å². The average Bonchev–Trinajstić information content (AvgIpc) is 3.31. The first-order valence-electron chi connectivity index (χ1n) is 7.90. The van der Waals surface area contributed by atoms with Crippen LogP contribution in [0.2, 0.25) is 5.02 Å². The molecule has 21 heavy (non-hydrogen) atoms. The van der Waals surface area contributed by atoms with Crippen molar-refractivity contribution < 1.29 is 4.79 Å². The molecule has 1 saturated carbocycles. The summed E-state index contributed by atoms with van der Waals surface area (Å²) in [5.74, 6) is 1.24. The second-order valence-corrected chi connectivity index (χ2v) is 6.87. The molecule has 3 nitrogen and oxygen atoms in total. The number of carbonyl (C=O) groups is 1. The average molecular weight is 307 g/mol. The second kappa shape index (κ2) is 6.37. The van der Waals surface area contributed by atoms with E-state index in [0.717, 1.165) is 43.9 Å². The Kier molecular flexibility index (Phi) is 4.51. The van der Waals surface area contributed by atoms with Gasteiger partial charge in [-0.25, -0.2) is 0 Å². The van der Waals surface area contributed by atoms with Crippen LogP contribution in [0.5, 0.6) is 0 Å². The van der Waals surface area contributed by atoms with Gasteiger partial charge in [0.15, 0.2) is 0 Å². The van der Waals surface area contributed by atoms with E-state index in [1.54, 1.807) is 0 Å². The molecule has 3 rings (SSSR count). The molecule has 1 N–H and O–H groups in total. The minimum Gasteiger partial charge on any atom is -0.342 e. The zero-order valence-corrected chi connectivity index (χ0v) is 13.3. The van der Waals surface area contributed by atoms with Crippen molar-refractivity contribution in [3.8, 4) is 0 Å². The highest BCUT2D eigenvalue weighted by Crippen LogP contribution is 2.32. The summed E-state index contributed by atoms with van der Waals surface area (Å²) in [5, 5.41) is 4.41. The molecule has 1 heterocycles. The molecule has 0 spiro atoms. The minimum absolute atomic E-state index is 0.343. The highest BCUT2D eigenvalue weighted by molar-refractivity contribution is 6.30. The molecule has 2 aliphatic rings. The zero-order chi connectivity index (χ0) is 14.8. The first-order chi connectivity index (χ1) is 10.1. The normalized spacial score (nSPS) is 25.9. The third kappa shape index (κ3) is 3.78. The lowest BCUT2D eigenvalue weighted by Crippen LogP contribution is -2.50. The highest BCUT2D eigenvalue weighted by Gasteiger charge is 2.36. The molecule has 1 saturated heterocycles. The molecule has 114 valence electrons. The van der Waals surface area contributed by atoms with E-state index < -0.39 is 0 Å². The quantitative estimate of drug-likeness (QED) is 0.927. The maximum absolute atomic E-state index is 12.1. The topological polar surface area (TPSA) is 32.3 Å². The Morgan fingerprint density at radius 1 is 1.29 bits per heavy atom. The largest absolute Gasteiger partial charge is 0.342 e. The Hall–Kier alpha value is -1.06. The predicted octanol–water partition coefficient (Wildman–Crippen LogP) is 3.08. The molecule has 1 amide bonds. The number of benzene rings is 1. The van der Waals surface area contributed by atoms with E-state index in [2.05, 4.69) is 29.3 Å². The summed E-state index contributed by atoms with van der Waals surface area (Å²) in [6, 6.07) is 8.47. The lowest BCUT2D eigenvalue weighted by Gasteiger charge is -2.37. The van der Waals surface area contributed by atoms with Crippen LogP contribution in [0.4, 0.5) is 0 Å². The molecule has 1 aromatic rings. The minimum atomic E-state index is 0.343. The number of carbonyl (C=O) groups excluding carboxylic acids is 1. The van der Waals surface area contributed by atoms with E-state index >= 15 is 0 Å². The molecule has 1 aliphatic carbocycles. The van der Waals surface area contributed by atoms with Crippen LogP contribution in [0.1, 0.15) is 31.7 Å². The van der Waals surface area contributed by atoms with Crippen molar-refractivity contribution in [3.05, 3.63) is 34.9 Å². The molecule has 0 radical (unpaired) electrons. The number of amides is 1. The van der Waals surface area contributed by atoms with Crippen molar-refractivity contribution in [2.24, 2.45) is 11.8 Å². The van der Waals surface area contributed by atoms with Crippen LogP contribution in [0, 0.1) is 11.8 Å². The van der Waals surface area contributed by atoms with Crippen molar-refractivity contribution in [1.82, 2.24) is 10.2 Å². The van der Waals surface area contributed by atoms with Gasteiger partial charge < -0.3 is 10.2 Å². The summed E-state index contributed by atoms with van der Waals surface area (Å²) in [4.78, 5) is 14.2. The fourth-order valence-corrected chi connectivity index (χ4v) is 3.21. The molecule has 0 aromatic heterocycles. The van der Waals surface area contributed by atoms with Gasteiger partial charge in [-0.1, -0.05) is 30.7 Å². The molecule has 2 atom stereocenters. The first-order valence-corrected chi connectivity index (χ1v) is 8.28. The Bertz CT molecular complexity index is 498. The number of halogens is 1. The van der Waals surface area contributed by atoms with Gasteiger partial charge in [-0.3, -0.25) is 4.79 Å². The molecule has 1 aromatic carbocycles. The fraction of sp³-hybridized carbons (Fsp3) is 0.588. The summed E-state index contributed by atoms with van der Waals surface area (Å²) in [6.45, 7) is 4.90. The summed E-state index contributed by atoms with van der Waals surface area (Å²) < 4.78 is 0. The summed E-state index contributed by atoms with van der Waals surface area (Å²) in [6.07, 6.45) is 3.25. The fourth-order valence-electron chi connectivity index (χ4n) is 3.09. The predicted molar refractivity (Wildman–Crippen MR) is 85.2 cm³/mol. The van der Waals surface area contributed by atoms with E-state index in [-0.39, 0.29) is 0 Å². The van der Waals surface area contributed by atoms with Crippen molar-refractivity contribution >= 4 is 17.5 Å². The van der Waals surface area contributed by atoms with E-state index in [1.807, 2.05) is 12.1 Å². The molecule has 1 aliphatic heterocycles. The van der Waals surface area contributed by atoms with E-state index in [4.69, 9.17) is 11.6 Å². The third-order valence-corrected chi connectivity index (χ3v) is 4.88. The Morgan fingerprint density at radius 3 is 2.62 bits per heavy atom. The number of nitrogens with one attached hydrogen (secondary N) is 1. The first kappa shape index (κ1) is 14.9. The Morgan fingerprint density at radius 2 is 2.00 bits per heavy atom. The maximum atomic E-state index is 12.1. The second-order valence-electron chi connectivity index (χ2n) is 6.44. The smallest absolute Gasteiger partial charge is 0.225 e. The number of likely N-dealkylation sites (tertiary alicyclic amines) is 1. The number of hydrogen-bond acceptors (Lipinski definition) is 2. The van der Waals surface area contributed by atoms with Crippen molar-refractivity contribution in [3.63, 3.8) is 0 Å². The van der Waals surface area contributed by atoms with E-state index in [0.29, 0.717) is 23.8 Å². The number of rotatable bonds is 4. The van der Waals surface area contributed by atoms with Gasteiger partial charge in [0.2, 0.25) is 5.91 Å². The molecule has 4 heteroatoms. The zero-order valence-electron chi connectivity index (χ0n) is 12.5. The van der Waals surface area contributed by atoms with Gasteiger partial charge in [0.25, 0.3) is 0 Å². The summed E-state index contributed by atoms with van der Waals surface area (Å²) >= 11 is 5.90. The van der Waals surface area contributed by atoms with Crippen LogP contribution in [0.3, 0.4) is 0 Å². The van der Waals surface area contributed by atoms with Crippen LogP contribution < -0.4 is 5.32 Å². The van der Waals surface area contributed by atoms with Crippen molar-refractivity contribution in [1.29, 1.82) is 0 Å². The van der Waals surface area contributed by atoms with Gasteiger partial charge >= 0.3 is 0 Å². The van der Waals surface area contributed by atoms with Crippen molar-refractivity contribution in [2.45, 2.75) is 38.8 Å². The van der Waals surface area contributed by atoms with Crippen LogP contribution >= 0.6 is 11.6 Å². The van der Waals surface area contributed by atoms with Gasteiger partial charge in [-0.15, -0.1) is 0 Å². The number of hydrogen-bond donors (Lipinski definition) is 1. The molecular formula is C17H23ClN2O. The van der Waals surface area contributed by atoms with Gasteiger partial charge in [0, 0.05) is 36.6 Å². The lowest BCUT2D eigenvalue weighted by molar-refractivity contribution is -0.134. The maximum Gasteiger partial charge on any atom is 0.225 e. The molecule has 2 unspecified atom stereocenters. The standard InChI is InChI=1S/C17H23ClN2O/c1-12-11-20(17(21)14-4-5-14)9-8-16(12)19-10-13-2-6-15(18)7-3-13/h2-3,6-7,12,14,16,19H,4-5,8-11H2,1H3. The van der Waals surface area contributed by atoms with Crippen LogP contribution in [-0.2, 0) is 11.3 Å². The third-order valence-electron chi connectivity index (χ3n) is 4.63. The van der Waals surface area contributed by atoms with Gasteiger partial charge in [-0.2, -0.15) is 0 Å². The van der Waals surface area contributed by atoms with Crippen LogP contribution in [0.15, 0.2) is 24.3 Å². The summed E-state index contributed by atoms with van der Waals surface area (Å²) in [5.41, 5.74) is 1.25. The lowest BCUT2D eigenvalue weighted by atomic mass is 9.93. The number of piperidine rings is 1. The number of nitrogens with zero attached hydrogens (tertiary/aromatic N) is 1. The van der Waals surface area contributed by atoms with Crippen LogP contribution in [0.25, 0.3) is 0 Å².